The van der Waals surface area contributed by atoms with E-state index < -0.39 is 17.7 Å². The Kier molecular flexibility index (Phi) is 5.08. The Bertz CT molecular complexity index is 414. The van der Waals surface area contributed by atoms with Crippen LogP contribution in [-0.2, 0) is 0 Å². The van der Waals surface area contributed by atoms with Crippen molar-refractivity contribution in [2.75, 3.05) is 6.54 Å². The molecule has 1 rings (SSSR count). The van der Waals surface area contributed by atoms with E-state index in [1.165, 1.54) is 6.07 Å². The van der Waals surface area contributed by atoms with Gasteiger partial charge in [0.1, 0.15) is 11.6 Å². The van der Waals surface area contributed by atoms with Crippen LogP contribution < -0.4 is 5.32 Å². The predicted octanol–water partition coefficient (Wildman–Crippen LogP) is 2.00. The molecule has 2 nitrogen and oxygen atoms in total. The van der Waals surface area contributed by atoms with Gasteiger partial charge in [-0.3, -0.25) is 0 Å². The highest BCUT2D eigenvalue weighted by Gasteiger charge is 2.14. The van der Waals surface area contributed by atoms with Gasteiger partial charge in [-0.15, -0.1) is 6.42 Å². The lowest BCUT2D eigenvalue weighted by Crippen LogP contribution is -2.31. The average molecular weight is 239 g/mol. The molecule has 0 saturated heterocycles. The zero-order valence-electron chi connectivity index (χ0n) is 9.58. The van der Waals surface area contributed by atoms with Gasteiger partial charge in [-0.2, -0.15) is 0 Å². The van der Waals surface area contributed by atoms with Gasteiger partial charge in [0.15, 0.2) is 0 Å². The molecular formula is C13H15F2NO. The first-order chi connectivity index (χ1) is 8.08. The minimum Gasteiger partial charge on any atom is -0.387 e. The summed E-state index contributed by atoms with van der Waals surface area (Å²) in [5.74, 6) is 1.08. The SMILES string of the molecule is C#CC(CC)NCC(O)c1ccc(F)cc1F. The molecule has 0 aliphatic carbocycles. The van der Waals surface area contributed by atoms with Crippen molar-refractivity contribution in [3.05, 3.63) is 35.4 Å². The Morgan fingerprint density at radius 1 is 1.47 bits per heavy atom. The monoisotopic (exact) mass is 239 g/mol. The van der Waals surface area contributed by atoms with Gasteiger partial charge in [-0.1, -0.05) is 18.9 Å². The molecule has 17 heavy (non-hydrogen) atoms. The number of nitrogens with one attached hydrogen (secondary N) is 1. The second-order valence-electron chi connectivity index (χ2n) is 3.72. The number of aliphatic hydroxyl groups excluding tert-OH is 1. The molecule has 0 aliphatic rings. The molecule has 0 saturated carbocycles. The van der Waals surface area contributed by atoms with Crippen molar-refractivity contribution in [1.29, 1.82) is 0 Å². The van der Waals surface area contributed by atoms with Crippen LogP contribution in [0.5, 0.6) is 0 Å². The van der Waals surface area contributed by atoms with Crippen LogP contribution in [0.25, 0.3) is 0 Å². The summed E-state index contributed by atoms with van der Waals surface area (Å²) in [5, 5.41) is 12.7. The van der Waals surface area contributed by atoms with Crippen molar-refractivity contribution < 1.29 is 13.9 Å². The van der Waals surface area contributed by atoms with Crippen molar-refractivity contribution in [2.45, 2.75) is 25.5 Å². The van der Waals surface area contributed by atoms with E-state index in [4.69, 9.17) is 6.42 Å². The molecular weight excluding hydrogens is 224 g/mol. The average Bonchev–Trinajstić information content (AvgIpc) is 2.30. The molecule has 0 amide bonds. The maximum atomic E-state index is 13.3. The second-order valence-corrected chi connectivity index (χ2v) is 3.72. The van der Waals surface area contributed by atoms with Crippen LogP contribution in [0, 0.1) is 24.0 Å². The number of benzene rings is 1. The highest BCUT2D eigenvalue weighted by molar-refractivity contribution is 5.21. The highest BCUT2D eigenvalue weighted by atomic mass is 19.1. The maximum Gasteiger partial charge on any atom is 0.131 e. The first kappa shape index (κ1) is 13.6. The Hall–Kier alpha value is -1.44. The smallest absolute Gasteiger partial charge is 0.131 e. The third-order valence-corrected chi connectivity index (χ3v) is 2.49. The summed E-state index contributed by atoms with van der Waals surface area (Å²) in [7, 11) is 0. The van der Waals surface area contributed by atoms with E-state index >= 15 is 0 Å². The number of aliphatic hydroxyl groups is 1. The molecule has 0 radical (unpaired) electrons. The molecule has 0 spiro atoms. The minimum atomic E-state index is -1.04. The maximum absolute atomic E-state index is 13.3. The van der Waals surface area contributed by atoms with E-state index in [2.05, 4.69) is 11.2 Å². The first-order valence-corrected chi connectivity index (χ1v) is 5.41. The van der Waals surface area contributed by atoms with Crippen LogP contribution in [0.15, 0.2) is 18.2 Å². The molecule has 2 atom stereocenters. The largest absolute Gasteiger partial charge is 0.387 e. The quantitative estimate of drug-likeness (QED) is 0.770. The van der Waals surface area contributed by atoms with Crippen LogP contribution in [0.1, 0.15) is 25.0 Å². The van der Waals surface area contributed by atoms with Crippen LogP contribution in [0.4, 0.5) is 8.78 Å². The number of hydrogen-bond donors (Lipinski definition) is 2. The van der Waals surface area contributed by atoms with E-state index in [0.717, 1.165) is 18.6 Å². The zero-order valence-corrected chi connectivity index (χ0v) is 9.58. The second kappa shape index (κ2) is 6.33. The van der Waals surface area contributed by atoms with E-state index in [1.807, 2.05) is 6.92 Å². The highest BCUT2D eigenvalue weighted by Crippen LogP contribution is 2.17. The summed E-state index contributed by atoms with van der Waals surface area (Å²) in [4.78, 5) is 0. The fourth-order valence-electron chi connectivity index (χ4n) is 1.46. The van der Waals surface area contributed by atoms with Gasteiger partial charge in [-0.05, 0) is 12.5 Å². The van der Waals surface area contributed by atoms with E-state index in [0.29, 0.717) is 0 Å². The topological polar surface area (TPSA) is 32.3 Å². The van der Waals surface area contributed by atoms with Crippen molar-refractivity contribution in [2.24, 2.45) is 0 Å². The Morgan fingerprint density at radius 2 is 2.18 bits per heavy atom. The molecule has 4 heteroatoms. The molecule has 1 aromatic rings. The number of hydrogen-bond acceptors (Lipinski definition) is 2. The predicted molar refractivity (Wildman–Crippen MR) is 62.2 cm³/mol. The molecule has 1 aromatic carbocycles. The normalized spacial score (nSPS) is 14.1. The molecule has 92 valence electrons. The third-order valence-electron chi connectivity index (χ3n) is 2.49. The summed E-state index contributed by atoms with van der Waals surface area (Å²) in [6.45, 7) is 2.04. The van der Waals surface area contributed by atoms with Gasteiger partial charge in [0, 0.05) is 18.2 Å². The Balaban J connectivity index is 2.64. The summed E-state index contributed by atoms with van der Waals surface area (Å²) in [6.07, 6.45) is 4.91. The zero-order chi connectivity index (χ0) is 12.8. The van der Waals surface area contributed by atoms with E-state index in [9.17, 15) is 13.9 Å². The molecule has 2 unspecified atom stereocenters. The minimum absolute atomic E-state index is 0.0609. The molecule has 0 aromatic heterocycles. The van der Waals surface area contributed by atoms with Crippen molar-refractivity contribution >= 4 is 0 Å². The van der Waals surface area contributed by atoms with Gasteiger partial charge in [-0.25, -0.2) is 8.78 Å². The summed E-state index contributed by atoms with van der Waals surface area (Å²) in [6, 6.07) is 2.93. The molecule has 2 N–H and O–H groups in total. The number of halogens is 2. The molecule has 0 aliphatic heterocycles. The number of terminal acetylenes is 1. The first-order valence-electron chi connectivity index (χ1n) is 5.41. The van der Waals surface area contributed by atoms with Crippen molar-refractivity contribution in [3.63, 3.8) is 0 Å². The lowest BCUT2D eigenvalue weighted by Gasteiger charge is -2.16. The van der Waals surface area contributed by atoms with Crippen LogP contribution >= 0.6 is 0 Å². The van der Waals surface area contributed by atoms with E-state index in [-0.39, 0.29) is 18.2 Å². The summed E-state index contributed by atoms with van der Waals surface area (Å²) >= 11 is 0. The molecule has 0 fully saturated rings. The lowest BCUT2D eigenvalue weighted by molar-refractivity contribution is 0.167. The van der Waals surface area contributed by atoms with Gasteiger partial charge in [0.2, 0.25) is 0 Å². The fourth-order valence-corrected chi connectivity index (χ4v) is 1.46. The Labute approximate surface area is 99.7 Å². The molecule has 0 heterocycles. The van der Waals surface area contributed by atoms with Crippen LogP contribution in [-0.4, -0.2) is 17.7 Å². The van der Waals surface area contributed by atoms with Crippen LogP contribution in [0.2, 0.25) is 0 Å². The Morgan fingerprint density at radius 3 is 2.71 bits per heavy atom. The standard InChI is InChI=1S/C13H15F2NO/c1-3-10(4-2)16-8-13(17)11-6-5-9(14)7-12(11)15/h1,5-7,10,13,16-17H,4,8H2,2H3. The molecule has 0 bridgehead atoms. The van der Waals surface area contributed by atoms with Gasteiger partial charge in [0.25, 0.3) is 0 Å². The fraction of sp³-hybridized carbons (Fsp3) is 0.385. The van der Waals surface area contributed by atoms with Gasteiger partial charge in [0.05, 0.1) is 12.1 Å². The van der Waals surface area contributed by atoms with Crippen molar-refractivity contribution in [3.8, 4) is 12.3 Å². The van der Waals surface area contributed by atoms with Crippen molar-refractivity contribution in [1.82, 2.24) is 5.32 Å². The lowest BCUT2D eigenvalue weighted by atomic mass is 10.1. The van der Waals surface area contributed by atoms with Crippen LogP contribution in [0.3, 0.4) is 0 Å². The number of rotatable bonds is 5. The van der Waals surface area contributed by atoms with Gasteiger partial charge >= 0.3 is 0 Å². The summed E-state index contributed by atoms with van der Waals surface area (Å²) in [5.41, 5.74) is 0.0609. The van der Waals surface area contributed by atoms with Gasteiger partial charge < -0.3 is 10.4 Å². The summed E-state index contributed by atoms with van der Waals surface area (Å²) < 4.78 is 26.0. The van der Waals surface area contributed by atoms with E-state index in [1.54, 1.807) is 0 Å². The third kappa shape index (κ3) is 3.81.